The number of aryl methyl sites for hydroxylation is 2. The lowest BCUT2D eigenvalue weighted by molar-refractivity contribution is 0.0986. The highest BCUT2D eigenvalue weighted by molar-refractivity contribution is 9.10. The van der Waals surface area contributed by atoms with Crippen LogP contribution in [0.25, 0.3) is 0 Å². The van der Waals surface area contributed by atoms with E-state index in [1.807, 2.05) is 6.92 Å². The molecule has 2 rings (SSSR count). The van der Waals surface area contributed by atoms with Crippen LogP contribution >= 0.6 is 15.9 Å². The van der Waals surface area contributed by atoms with Gasteiger partial charge in [-0.25, -0.2) is 4.39 Å². The third-order valence-corrected chi connectivity index (χ3v) is 4.22. The minimum atomic E-state index is -0.576. The quantitative estimate of drug-likeness (QED) is 0.773. The summed E-state index contributed by atoms with van der Waals surface area (Å²) in [6.07, 6.45) is 0.854. The smallest absolute Gasteiger partial charge is 0.171 e. The molecule has 0 fully saturated rings. The Bertz CT molecular complexity index is 683. The van der Waals surface area contributed by atoms with Crippen molar-refractivity contribution in [1.29, 1.82) is 0 Å². The van der Waals surface area contributed by atoms with Crippen molar-refractivity contribution in [2.45, 2.75) is 19.8 Å². The molecule has 0 saturated heterocycles. The molecule has 0 aliphatic rings. The lowest BCUT2D eigenvalue weighted by Gasteiger charge is -2.06. The number of hydrogen-bond donors (Lipinski definition) is 0. The van der Waals surface area contributed by atoms with Gasteiger partial charge in [-0.2, -0.15) is 5.10 Å². The van der Waals surface area contributed by atoms with Gasteiger partial charge in [-0.05, 0) is 34.5 Å². The summed E-state index contributed by atoms with van der Waals surface area (Å²) in [6, 6.07) is 4.23. The van der Waals surface area contributed by atoms with Gasteiger partial charge in [0.15, 0.2) is 5.78 Å². The van der Waals surface area contributed by atoms with Gasteiger partial charge in [0.25, 0.3) is 0 Å². The number of ketones is 1. The molecular weight excluding hydrogens is 339 g/mol. The second kappa shape index (κ2) is 6.39. The predicted octanol–water partition coefficient (Wildman–Crippen LogP) is 3.32. The monoisotopic (exact) mass is 354 g/mol. The van der Waals surface area contributed by atoms with Crippen LogP contribution in [0, 0.1) is 5.82 Å². The van der Waals surface area contributed by atoms with Gasteiger partial charge in [-0.3, -0.25) is 9.48 Å². The number of aromatic nitrogens is 2. The Labute approximate surface area is 131 Å². The first-order valence-electron chi connectivity index (χ1n) is 6.54. The first-order valence-corrected chi connectivity index (χ1v) is 7.34. The van der Waals surface area contributed by atoms with E-state index >= 15 is 0 Å². The molecule has 0 spiro atoms. The maximum Gasteiger partial charge on any atom is 0.171 e. The van der Waals surface area contributed by atoms with Crippen LogP contribution in [-0.2, 0) is 19.9 Å². The fourth-order valence-corrected chi connectivity index (χ4v) is 2.86. The van der Waals surface area contributed by atoms with E-state index < -0.39 is 5.82 Å². The predicted molar refractivity (Wildman–Crippen MR) is 81.3 cm³/mol. The molecule has 0 saturated carbocycles. The molecule has 0 unspecified atom stereocenters. The van der Waals surface area contributed by atoms with Crippen molar-refractivity contribution in [3.05, 3.63) is 45.4 Å². The summed E-state index contributed by atoms with van der Waals surface area (Å²) < 4.78 is 21.3. The average molecular weight is 355 g/mol. The van der Waals surface area contributed by atoms with E-state index in [0.717, 1.165) is 22.3 Å². The van der Waals surface area contributed by atoms with Gasteiger partial charge in [0, 0.05) is 13.1 Å². The molecule has 0 aliphatic heterocycles. The topological polar surface area (TPSA) is 44.1 Å². The van der Waals surface area contributed by atoms with Crippen LogP contribution in [0.1, 0.15) is 28.7 Å². The molecule has 0 amide bonds. The third kappa shape index (κ3) is 3.15. The van der Waals surface area contributed by atoms with Crippen LogP contribution in [-0.4, -0.2) is 22.7 Å². The zero-order valence-electron chi connectivity index (χ0n) is 12.1. The minimum Gasteiger partial charge on any atom is -0.497 e. The molecule has 1 aromatic heterocycles. The van der Waals surface area contributed by atoms with Gasteiger partial charge in [0.2, 0.25) is 0 Å². The SMILES string of the molecule is CCc1nn(C)c(CC(=O)c2ccc(OC)cc2F)c1Br. The molecule has 112 valence electrons. The number of benzene rings is 1. The van der Waals surface area contributed by atoms with Crippen molar-refractivity contribution in [2.24, 2.45) is 7.05 Å². The zero-order valence-corrected chi connectivity index (χ0v) is 13.7. The summed E-state index contributed by atoms with van der Waals surface area (Å²) in [6.45, 7) is 1.99. The van der Waals surface area contributed by atoms with Gasteiger partial charge in [-0.1, -0.05) is 6.92 Å². The maximum absolute atomic E-state index is 13.9. The lowest BCUT2D eigenvalue weighted by Crippen LogP contribution is -2.10. The Morgan fingerprint density at radius 1 is 1.48 bits per heavy atom. The second-order valence-corrected chi connectivity index (χ2v) is 5.42. The van der Waals surface area contributed by atoms with Crippen molar-refractivity contribution in [3.63, 3.8) is 0 Å². The molecule has 0 radical (unpaired) electrons. The van der Waals surface area contributed by atoms with Crippen LogP contribution in [0.3, 0.4) is 0 Å². The Hall–Kier alpha value is -1.69. The number of Topliss-reactive ketones (excluding diaryl/α,β-unsaturated/α-hetero) is 1. The number of hydrogen-bond acceptors (Lipinski definition) is 3. The Balaban J connectivity index is 2.28. The fourth-order valence-electron chi connectivity index (χ4n) is 2.11. The second-order valence-electron chi connectivity index (χ2n) is 4.63. The van der Waals surface area contributed by atoms with Crippen LogP contribution in [0.15, 0.2) is 22.7 Å². The average Bonchev–Trinajstić information content (AvgIpc) is 2.74. The van der Waals surface area contributed by atoms with Gasteiger partial charge < -0.3 is 4.74 Å². The van der Waals surface area contributed by atoms with Crippen molar-refractivity contribution < 1.29 is 13.9 Å². The Kier molecular flexibility index (Phi) is 4.77. The summed E-state index contributed by atoms with van der Waals surface area (Å²) in [5.74, 6) is -0.478. The number of rotatable bonds is 5. The largest absolute Gasteiger partial charge is 0.497 e. The molecule has 4 nitrogen and oxygen atoms in total. The molecular formula is C15H16BrFN2O2. The van der Waals surface area contributed by atoms with Crippen molar-refractivity contribution in [2.75, 3.05) is 7.11 Å². The number of ether oxygens (including phenoxy) is 1. The summed E-state index contributed by atoms with van der Waals surface area (Å²) in [5, 5.41) is 4.33. The van der Waals surface area contributed by atoms with Gasteiger partial charge in [0.1, 0.15) is 11.6 Å². The van der Waals surface area contributed by atoms with E-state index in [-0.39, 0.29) is 17.8 Å². The molecule has 0 N–H and O–H groups in total. The highest BCUT2D eigenvalue weighted by Crippen LogP contribution is 2.24. The molecule has 1 aromatic carbocycles. The lowest BCUT2D eigenvalue weighted by atomic mass is 10.1. The highest BCUT2D eigenvalue weighted by Gasteiger charge is 2.19. The third-order valence-electron chi connectivity index (χ3n) is 3.31. The molecule has 21 heavy (non-hydrogen) atoms. The molecule has 1 heterocycles. The summed E-state index contributed by atoms with van der Waals surface area (Å²) in [4.78, 5) is 12.3. The fraction of sp³-hybridized carbons (Fsp3) is 0.333. The standard InChI is InChI=1S/C15H16BrFN2O2/c1-4-12-15(16)13(19(2)18-12)8-14(20)10-6-5-9(21-3)7-11(10)17/h5-7H,4,8H2,1-3H3. The van der Waals surface area contributed by atoms with E-state index in [0.29, 0.717) is 5.75 Å². The first-order chi connectivity index (χ1) is 9.97. The van der Waals surface area contributed by atoms with Gasteiger partial charge >= 0.3 is 0 Å². The minimum absolute atomic E-state index is 0.0574. The Morgan fingerprint density at radius 2 is 2.19 bits per heavy atom. The molecule has 0 atom stereocenters. The Morgan fingerprint density at radius 3 is 2.71 bits per heavy atom. The van der Waals surface area contributed by atoms with Crippen LogP contribution in [0.5, 0.6) is 5.75 Å². The normalized spacial score (nSPS) is 10.7. The zero-order chi connectivity index (χ0) is 15.6. The summed E-state index contributed by atoms with van der Waals surface area (Å²) >= 11 is 3.46. The van der Waals surface area contributed by atoms with E-state index in [4.69, 9.17) is 4.74 Å². The van der Waals surface area contributed by atoms with E-state index in [1.165, 1.54) is 19.2 Å². The summed E-state index contributed by atoms with van der Waals surface area (Å²) in [7, 11) is 3.23. The molecule has 0 aliphatic carbocycles. The summed E-state index contributed by atoms with van der Waals surface area (Å²) in [5.41, 5.74) is 1.68. The van der Waals surface area contributed by atoms with Crippen LogP contribution in [0.2, 0.25) is 0 Å². The first kappa shape index (κ1) is 15.7. The van der Waals surface area contributed by atoms with Crippen molar-refractivity contribution in [3.8, 4) is 5.75 Å². The van der Waals surface area contributed by atoms with Crippen LogP contribution < -0.4 is 4.74 Å². The molecule has 0 bridgehead atoms. The van der Waals surface area contributed by atoms with Gasteiger partial charge in [0.05, 0.1) is 35.0 Å². The number of methoxy groups -OCH3 is 1. The maximum atomic E-state index is 13.9. The number of halogens is 2. The van der Waals surface area contributed by atoms with Crippen molar-refractivity contribution >= 4 is 21.7 Å². The van der Waals surface area contributed by atoms with Crippen LogP contribution in [0.4, 0.5) is 4.39 Å². The van der Waals surface area contributed by atoms with E-state index in [9.17, 15) is 9.18 Å². The molecule has 2 aromatic rings. The van der Waals surface area contributed by atoms with E-state index in [2.05, 4.69) is 21.0 Å². The number of carbonyl (C=O) groups excluding carboxylic acids is 1. The number of nitrogens with zero attached hydrogens (tertiary/aromatic N) is 2. The molecule has 6 heteroatoms. The van der Waals surface area contributed by atoms with Crippen molar-refractivity contribution in [1.82, 2.24) is 9.78 Å². The number of carbonyl (C=O) groups is 1. The van der Waals surface area contributed by atoms with Gasteiger partial charge in [-0.15, -0.1) is 0 Å². The highest BCUT2D eigenvalue weighted by atomic mass is 79.9. The van der Waals surface area contributed by atoms with E-state index in [1.54, 1.807) is 17.8 Å².